The Morgan fingerprint density at radius 3 is 2.88 bits per heavy atom. The molecule has 0 spiro atoms. The van der Waals surface area contributed by atoms with E-state index < -0.39 is 0 Å². The zero-order valence-electron chi connectivity index (χ0n) is 9.47. The number of hydrogen-bond donors (Lipinski definition) is 1. The van der Waals surface area contributed by atoms with Crippen molar-refractivity contribution in [3.63, 3.8) is 0 Å². The lowest BCUT2D eigenvalue weighted by atomic mass is 10.2. The highest BCUT2D eigenvalue weighted by molar-refractivity contribution is 7.99. The van der Waals surface area contributed by atoms with E-state index >= 15 is 0 Å². The Bertz CT molecular complexity index is 497. The number of benzene rings is 1. The minimum Gasteiger partial charge on any atom is -0.399 e. The van der Waals surface area contributed by atoms with Crippen molar-refractivity contribution in [1.29, 1.82) is 0 Å². The first-order valence-corrected chi connectivity index (χ1v) is 6.28. The molecular formula is C12H15N3S. The topological polar surface area (TPSA) is 51.8 Å². The van der Waals surface area contributed by atoms with Gasteiger partial charge in [-0.15, -0.1) is 11.8 Å². The number of aromatic nitrogens is 2. The molecule has 0 amide bonds. The van der Waals surface area contributed by atoms with Crippen LogP contribution in [0.1, 0.15) is 13.8 Å². The van der Waals surface area contributed by atoms with Crippen LogP contribution in [0.4, 0.5) is 5.69 Å². The molecule has 4 heteroatoms. The predicted molar refractivity (Wildman–Crippen MR) is 69.5 cm³/mol. The maximum Gasteiger partial charge on any atom is 0.117 e. The highest BCUT2D eigenvalue weighted by Crippen LogP contribution is 2.27. The van der Waals surface area contributed by atoms with E-state index in [1.807, 2.05) is 18.2 Å². The molecule has 0 bridgehead atoms. The summed E-state index contributed by atoms with van der Waals surface area (Å²) in [4.78, 5) is 8.55. The van der Waals surface area contributed by atoms with Crippen LogP contribution in [0.25, 0.3) is 10.9 Å². The summed E-state index contributed by atoms with van der Waals surface area (Å²) in [6, 6.07) is 5.75. The van der Waals surface area contributed by atoms with Gasteiger partial charge >= 0.3 is 0 Å². The van der Waals surface area contributed by atoms with E-state index in [9.17, 15) is 0 Å². The van der Waals surface area contributed by atoms with E-state index in [1.165, 1.54) is 0 Å². The molecule has 0 fully saturated rings. The molecule has 0 aliphatic carbocycles. The maximum absolute atomic E-state index is 5.78. The Hall–Kier alpha value is -1.29. The van der Waals surface area contributed by atoms with Crippen LogP contribution in [0.2, 0.25) is 0 Å². The highest BCUT2D eigenvalue weighted by atomic mass is 32.2. The van der Waals surface area contributed by atoms with Gasteiger partial charge in [-0.2, -0.15) is 0 Å². The second-order valence-electron chi connectivity index (χ2n) is 4.16. The number of nitrogens with zero attached hydrogens (tertiary/aromatic N) is 2. The third kappa shape index (κ3) is 2.44. The van der Waals surface area contributed by atoms with Crippen LogP contribution in [0.5, 0.6) is 0 Å². The van der Waals surface area contributed by atoms with Gasteiger partial charge in [0.1, 0.15) is 11.4 Å². The van der Waals surface area contributed by atoms with Crippen LogP contribution in [0, 0.1) is 5.92 Å². The summed E-state index contributed by atoms with van der Waals surface area (Å²) < 4.78 is 0. The van der Waals surface area contributed by atoms with Gasteiger partial charge in [-0.1, -0.05) is 13.8 Å². The number of hydrogen-bond acceptors (Lipinski definition) is 4. The zero-order valence-corrected chi connectivity index (χ0v) is 10.3. The average Bonchev–Trinajstić information content (AvgIpc) is 2.26. The highest BCUT2D eigenvalue weighted by Gasteiger charge is 2.05. The van der Waals surface area contributed by atoms with Crippen LogP contribution in [-0.4, -0.2) is 15.7 Å². The number of anilines is 1. The molecule has 0 aliphatic rings. The second-order valence-corrected chi connectivity index (χ2v) is 5.17. The molecule has 84 valence electrons. The molecule has 1 aromatic carbocycles. The molecule has 3 nitrogen and oxygen atoms in total. The summed E-state index contributed by atoms with van der Waals surface area (Å²) in [5.41, 5.74) is 7.50. The Balaban J connectivity index is 2.40. The van der Waals surface area contributed by atoms with Gasteiger partial charge < -0.3 is 5.73 Å². The van der Waals surface area contributed by atoms with E-state index in [-0.39, 0.29) is 0 Å². The monoisotopic (exact) mass is 233 g/mol. The van der Waals surface area contributed by atoms with Crippen molar-refractivity contribution in [2.45, 2.75) is 18.9 Å². The van der Waals surface area contributed by atoms with Crippen LogP contribution in [0.3, 0.4) is 0 Å². The van der Waals surface area contributed by atoms with Crippen LogP contribution in [0.15, 0.2) is 29.6 Å². The number of rotatable bonds is 3. The first-order valence-electron chi connectivity index (χ1n) is 5.30. The van der Waals surface area contributed by atoms with Gasteiger partial charge in [0.25, 0.3) is 0 Å². The number of nitrogens with two attached hydrogens (primary N) is 1. The van der Waals surface area contributed by atoms with Gasteiger partial charge in [-0.05, 0) is 24.1 Å². The molecule has 1 heterocycles. The molecule has 1 aromatic heterocycles. The molecule has 2 aromatic rings. The first kappa shape index (κ1) is 11.2. The summed E-state index contributed by atoms with van der Waals surface area (Å²) >= 11 is 1.76. The van der Waals surface area contributed by atoms with Gasteiger partial charge in [0.05, 0.1) is 5.52 Å². The second kappa shape index (κ2) is 4.70. The van der Waals surface area contributed by atoms with Crippen molar-refractivity contribution in [2.24, 2.45) is 5.92 Å². The van der Waals surface area contributed by atoms with Crippen molar-refractivity contribution in [3.05, 3.63) is 24.5 Å². The van der Waals surface area contributed by atoms with E-state index in [0.29, 0.717) is 5.92 Å². The summed E-state index contributed by atoms with van der Waals surface area (Å²) in [7, 11) is 0. The molecule has 2 rings (SSSR count). The molecule has 2 N–H and O–H groups in total. The fourth-order valence-corrected chi connectivity index (χ4v) is 2.34. The average molecular weight is 233 g/mol. The van der Waals surface area contributed by atoms with Gasteiger partial charge in [0, 0.05) is 16.8 Å². The minimum atomic E-state index is 0.649. The largest absolute Gasteiger partial charge is 0.399 e. The number of nitrogen functional groups attached to an aromatic ring is 1. The summed E-state index contributed by atoms with van der Waals surface area (Å²) in [6.07, 6.45) is 1.61. The third-order valence-corrected chi connectivity index (χ3v) is 3.61. The molecule has 0 aliphatic heterocycles. The van der Waals surface area contributed by atoms with Crippen LogP contribution in [-0.2, 0) is 0 Å². The molecule has 0 unspecified atom stereocenters. The Kier molecular flexibility index (Phi) is 3.29. The van der Waals surface area contributed by atoms with Gasteiger partial charge in [-0.3, -0.25) is 0 Å². The van der Waals surface area contributed by atoms with Crippen LogP contribution < -0.4 is 5.73 Å². The zero-order chi connectivity index (χ0) is 11.5. The summed E-state index contributed by atoms with van der Waals surface area (Å²) in [5, 5.41) is 2.07. The van der Waals surface area contributed by atoms with E-state index in [2.05, 4.69) is 23.8 Å². The normalized spacial score (nSPS) is 11.2. The van der Waals surface area contributed by atoms with Crippen molar-refractivity contribution in [3.8, 4) is 0 Å². The minimum absolute atomic E-state index is 0.649. The number of thioether (sulfide) groups is 1. The molecule has 0 saturated heterocycles. The van der Waals surface area contributed by atoms with Crippen molar-refractivity contribution < 1.29 is 0 Å². The number of fused-ring (bicyclic) bond motifs is 1. The van der Waals surface area contributed by atoms with E-state index in [0.717, 1.165) is 27.4 Å². The fourth-order valence-electron chi connectivity index (χ4n) is 1.41. The Morgan fingerprint density at radius 2 is 2.12 bits per heavy atom. The maximum atomic E-state index is 5.78. The SMILES string of the molecule is CC(C)CSc1ncnc2ccc(N)cc12. The lowest BCUT2D eigenvalue weighted by Crippen LogP contribution is -1.94. The molecule has 16 heavy (non-hydrogen) atoms. The van der Waals surface area contributed by atoms with Crippen molar-refractivity contribution in [1.82, 2.24) is 9.97 Å². The fraction of sp³-hybridized carbons (Fsp3) is 0.333. The predicted octanol–water partition coefficient (Wildman–Crippen LogP) is 2.96. The Morgan fingerprint density at radius 1 is 1.31 bits per heavy atom. The standard InChI is InChI=1S/C12H15N3S/c1-8(2)6-16-12-10-5-9(13)3-4-11(10)14-7-15-12/h3-5,7-8H,6,13H2,1-2H3. The van der Waals surface area contributed by atoms with Gasteiger partial charge in [0.2, 0.25) is 0 Å². The van der Waals surface area contributed by atoms with E-state index in [1.54, 1.807) is 18.1 Å². The smallest absolute Gasteiger partial charge is 0.117 e. The lowest BCUT2D eigenvalue weighted by molar-refractivity contribution is 0.749. The molecule has 0 radical (unpaired) electrons. The molecular weight excluding hydrogens is 218 g/mol. The summed E-state index contributed by atoms with van der Waals surface area (Å²) in [5.74, 6) is 1.71. The first-order chi connectivity index (χ1) is 7.66. The van der Waals surface area contributed by atoms with Crippen molar-refractivity contribution in [2.75, 3.05) is 11.5 Å². The van der Waals surface area contributed by atoms with Gasteiger partial charge in [-0.25, -0.2) is 9.97 Å². The van der Waals surface area contributed by atoms with Crippen molar-refractivity contribution >= 4 is 28.4 Å². The van der Waals surface area contributed by atoms with E-state index in [4.69, 9.17) is 5.73 Å². The lowest BCUT2D eigenvalue weighted by Gasteiger charge is -2.06. The molecule has 0 atom stereocenters. The van der Waals surface area contributed by atoms with Gasteiger partial charge in [0.15, 0.2) is 0 Å². The quantitative estimate of drug-likeness (QED) is 0.503. The molecule has 0 saturated carbocycles. The third-order valence-electron chi connectivity index (χ3n) is 2.18. The van der Waals surface area contributed by atoms with Crippen LogP contribution >= 0.6 is 11.8 Å². The Labute approximate surface area is 99.5 Å². The summed E-state index contributed by atoms with van der Waals surface area (Å²) in [6.45, 7) is 4.40.